The quantitative estimate of drug-likeness (QED) is 0.426. The molecule has 1 rings (SSSR count). The average molecular weight is 139 g/mol. The molecule has 0 bridgehead atoms. The van der Waals surface area contributed by atoms with Crippen molar-refractivity contribution in [3.05, 3.63) is 11.8 Å². The number of ether oxygens (including phenoxy) is 1. The lowest BCUT2D eigenvalue weighted by Gasteiger charge is -1.87. The summed E-state index contributed by atoms with van der Waals surface area (Å²) in [4.78, 5) is 14.4. The molecule has 54 valence electrons. The van der Waals surface area contributed by atoms with Crippen LogP contribution in [0, 0.1) is 0 Å². The summed E-state index contributed by atoms with van der Waals surface area (Å²) in [7, 11) is 0. The van der Waals surface area contributed by atoms with E-state index in [-0.39, 0.29) is 5.97 Å². The predicted octanol–water partition coefficient (Wildman–Crippen LogP) is 1.26. The van der Waals surface area contributed by atoms with Crippen molar-refractivity contribution in [1.29, 1.82) is 0 Å². The Morgan fingerprint density at radius 2 is 2.60 bits per heavy atom. The maximum absolute atomic E-state index is 10.7. The largest absolute Gasteiger partial charge is 0.410 e. The summed E-state index contributed by atoms with van der Waals surface area (Å²) in [5.74, 6) is -0.339. The monoisotopic (exact) mass is 139 g/mol. The van der Waals surface area contributed by atoms with Crippen LogP contribution in [-0.4, -0.2) is 12.4 Å². The maximum atomic E-state index is 10.7. The summed E-state index contributed by atoms with van der Waals surface area (Å²) in [6.45, 7) is 2.04. The third kappa shape index (κ3) is 1.43. The fourth-order valence-electron chi connectivity index (χ4n) is 0.661. The first kappa shape index (κ1) is 6.99. The molecule has 1 aliphatic rings. The third-order valence-corrected chi connectivity index (χ3v) is 1.19. The number of hydrogen-bond donors (Lipinski definition) is 0. The highest BCUT2D eigenvalue weighted by Crippen LogP contribution is 2.07. The van der Waals surface area contributed by atoms with Crippen LogP contribution in [-0.2, 0) is 9.53 Å². The summed E-state index contributed by atoms with van der Waals surface area (Å²) in [6, 6.07) is 0. The number of cyclic esters (lactones) is 1. The fourth-order valence-corrected chi connectivity index (χ4v) is 0.661. The maximum Gasteiger partial charge on any atom is 0.362 e. The number of nitrogens with zero attached hydrogens (tertiary/aromatic N) is 1. The first-order valence-corrected chi connectivity index (χ1v) is 3.28. The molecule has 10 heavy (non-hydrogen) atoms. The van der Waals surface area contributed by atoms with Gasteiger partial charge in [0.25, 0.3) is 0 Å². The molecule has 0 N–H and O–H groups in total. The zero-order chi connectivity index (χ0) is 7.40. The molecule has 0 aromatic rings. The van der Waals surface area contributed by atoms with E-state index in [2.05, 4.69) is 9.73 Å². The van der Waals surface area contributed by atoms with Gasteiger partial charge in [-0.1, -0.05) is 19.4 Å². The van der Waals surface area contributed by atoms with Crippen molar-refractivity contribution in [2.75, 3.05) is 0 Å². The number of carbonyl (C=O) groups excluding carboxylic acids is 1. The van der Waals surface area contributed by atoms with Crippen molar-refractivity contribution in [2.45, 2.75) is 19.8 Å². The van der Waals surface area contributed by atoms with Crippen LogP contribution in [0.5, 0.6) is 0 Å². The van der Waals surface area contributed by atoms with E-state index >= 15 is 0 Å². The lowest BCUT2D eigenvalue weighted by atomic mass is 10.3. The fraction of sp³-hybridized carbons (Fsp3) is 0.429. The summed E-state index contributed by atoms with van der Waals surface area (Å²) in [5.41, 5.74) is 0.432. The van der Waals surface area contributed by atoms with Gasteiger partial charge in [0.15, 0.2) is 6.40 Å². The minimum absolute atomic E-state index is 0.339. The molecule has 0 saturated carbocycles. The van der Waals surface area contributed by atoms with Crippen LogP contribution < -0.4 is 0 Å². The highest BCUT2D eigenvalue weighted by Gasteiger charge is 2.13. The topological polar surface area (TPSA) is 38.7 Å². The molecule has 3 heteroatoms. The molecule has 0 unspecified atom stereocenters. The number of allylic oxidation sites excluding steroid dienone is 1. The molecule has 0 amide bonds. The number of aliphatic imine (C=N–C) groups is 1. The Labute approximate surface area is 59.4 Å². The second kappa shape index (κ2) is 3.15. The lowest BCUT2D eigenvalue weighted by Crippen LogP contribution is -1.95. The lowest BCUT2D eigenvalue weighted by molar-refractivity contribution is -0.129. The van der Waals surface area contributed by atoms with E-state index < -0.39 is 0 Å². The van der Waals surface area contributed by atoms with Crippen molar-refractivity contribution in [3.63, 3.8) is 0 Å². The first-order chi connectivity index (χ1) is 4.84. The van der Waals surface area contributed by atoms with E-state index in [1.807, 2.05) is 6.92 Å². The van der Waals surface area contributed by atoms with E-state index in [9.17, 15) is 4.79 Å². The van der Waals surface area contributed by atoms with E-state index in [4.69, 9.17) is 0 Å². The Morgan fingerprint density at radius 3 is 3.10 bits per heavy atom. The van der Waals surface area contributed by atoms with Crippen LogP contribution in [0.25, 0.3) is 0 Å². The Kier molecular flexibility index (Phi) is 2.20. The molecule has 0 saturated heterocycles. The van der Waals surface area contributed by atoms with Gasteiger partial charge in [0.2, 0.25) is 0 Å². The van der Waals surface area contributed by atoms with Gasteiger partial charge in [-0.15, -0.1) is 0 Å². The van der Waals surface area contributed by atoms with Crippen molar-refractivity contribution < 1.29 is 9.53 Å². The normalized spacial score (nSPS) is 20.1. The van der Waals surface area contributed by atoms with E-state index in [1.165, 1.54) is 6.40 Å². The van der Waals surface area contributed by atoms with Gasteiger partial charge in [-0.05, 0) is 6.42 Å². The van der Waals surface area contributed by atoms with Crippen LogP contribution in [0.15, 0.2) is 16.8 Å². The summed E-state index contributed by atoms with van der Waals surface area (Å²) in [5, 5.41) is 0. The molecule has 3 nitrogen and oxygen atoms in total. The molecule has 1 heterocycles. The van der Waals surface area contributed by atoms with Crippen LogP contribution in [0.3, 0.4) is 0 Å². The molecule has 0 spiro atoms. The molecule has 0 aliphatic carbocycles. The number of hydrogen-bond acceptors (Lipinski definition) is 3. The predicted molar refractivity (Wildman–Crippen MR) is 37.6 cm³/mol. The minimum atomic E-state index is -0.339. The second-order valence-electron chi connectivity index (χ2n) is 2.02. The Morgan fingerprint density at radius 1 is 1.80 bits per heavy atom. The Bertz CT molecular complexity index is 194. The molecular weight excluding hydrogens is 130 g/mol. The highest BCUT2D eigenvalue weighted by atomic mass is 16.5. The SMILES string of the molecule is CCC/C=C1\N=COC1=O. The van der Waals surface area contributed by atoms with E-state index in [0.29, 0.717) is 5.70 Å². The van der Waals surface area contributed by atoms with Crippen molar-refractivity contribution in [3.8, 4) is 0 Å². The summed E-state index contributed by atoms with van der Waals surface area (Å²) < 4.78 is 4.46. The third-order valence-electron chi connectivity index (χ3n) is 1.19. The van der Waals surface area contributed by atoms with E-state index in [0.717, 1.165) is 12.8 Å². The van der Waals surface area contributed by atoms with Crippen molar-refractivity contribution in [2.24, 2.45) is 4.99 Å². The van der Waals surface area contributed by atoms with Gasteiger partial charge < -0.3 is 4.74 Å². The second-order valence-corrected chi connectivity index (χ2v) is 2.02. The summed E-state index contributed by atoms with van der Waals surface area (Å²) >= 11 is 0. The van der Waals surface area contributed by atoms with Crippen molar-refractivity contribution in [1.82, 2.24) is 0 Å². The zero-order valence-corrected chi connectivity index (χ0v) is 5.83. The number of rotatable bonds is 2. The van der Waals surface area contributed by atoms with Crippen molar-refractivity contribution >= 4 is 12.4 Å². The van der Waals surface area contributed by atoms with Gasteiger partial charge in [-0.25, -0.2) is 9.79 Å². The molecule has 1 aliphatic heterocycles. The molecule has 0 atom stereocenters. The van der Waals surface area contributed by atoms with Crippen LogP contribution in [0.2, 0.25) is 0 Å². The van der Waals surface area contributed by atoms with Gasteiger partial charge in [0.05, 0.1) is 0 Å². The number of unbranched alkanes of at least 4 members (excludes halogenated alkanes) is 1. The molecular formula is C7H9NO2. The molecule has 0 fully saturated rings. The van der Waals surface area contributed by atoms with Gasteiger partial charge in [0.1, 0.15) is 5.70 Å². The zero-order valence-electron chi connectivity index (χ0n) is 5.83. The Balaban J connectivity index is 2.54. The smallest absolute Gasteiger partial charge is 0.362 e. The minimum Gasteiger partial charge on any atom is -0.410 e. The van der Waals surface area contributed by atoms with Crippen LogP contribution in [0.1, 0.15) is 19.8 Å². The highest BCUT2D eigenvalue weighted by molar-refractivity contribution is 5.97. The van der Waals surface area contributed by atoms with Crippen LogP contribution >= 0.6 is 0 Å². The number of esters is 1. The Hall–Kier alpha value is -1.12. The molecule has 0 aromatic heterocycles. The first-order valence-electron chi connectivity index (χ1n) is 3.28. The van der Waals surface area contributed by atoms with Crippen LogP contribution in [0.4, 0.5) is 0 Å². The summed E-state index contributed by atoms with van der Waals surface area (Å²) in [6.07, 6.45) is 4.85. The standard InChI is InChI=1S/C7H9NO2/c1-2-3-4-6-7(9)10-5-8-6/h4-5H,2-3H2,1H3/b6-4-. The van der Waals surface area contributed by atoms with Gasteiger partial charge >= 0.3 is 5.97 Å². The number of carbonyl (C=O) groups is 1. The van der Waals surface area contributed by atoms with Gasteiger partial charge in [0, 0.05) is 0 Å². The van der Waals surface area contributed by atoms with E-state index in [1.54, 1.807) is 6.08 Å². The molecule has 0 aromatic carbocycles. The van der Waals surface area contributed by atoms with Gasteiger partial charge in [-0.2, -0.15) is 0 Å². The molecule has 0 radical (unpaired) electrons. The average Bonchev–Trinajstić information content (AvgIpc) is 2.31. The van der Waals surface area contributed by atoms with Gasteiger partial charge in [-0.3, -0.25) is 0 Å².